The average molecular weight is 766 g/mol. The van der Waals surface area contributed by atoms with Crippen LogP contribution < -0.4 is 15.1 Å². The molecule has 6 heteroatoms. The van der Waals surface area contributed by atoms with Crippen molar-refractivity contribution in [3.63, 3.8) is 0 Å². The maximum Gasteiger partial charge on any atom is 0.308 e. The fraction of sp³-hybridized carbons (Fsp3) is 0.300. The number of alkyl halides is 1. The van der Waals surface area contributed by atoms with Gasteiger partial charge in [0.25, 0.3) is 0 Å². The molecule has 0 heterocycles. The van der Waals surface area contributed by atoms with E-state index in [1.807, 2.05) is 13.8 Å². The van der Waals surface area contributed by atoms with E-state index in [2.05, 4.69) is 180 Å². The molecule has 6 rings (SSSR count). The Morgan fingerprint density at radius 3 is 1.54 bits per heavy atom. The lowest BCUT2D eigenvalue weighted by atomic mass is 9.82. The van der Waals surface area contributed by atoms with Crippen LogP contribution in [0.5, 0.6) is 0 Å². The molecule has 0 aliphatic heterocycles. The average Bonchev–Trinajstić information content (AvgIpc) is 3.16. The first-order valence-electron chi connectivity index (χ1n) is 19.6. The maximum absolute atomic E-state index is 12.0. The topological polar surface area (TPSA) is 44.8 Å². The second kappa shape index (κ2) is 17.3. The number of nitrogens with one attached hydrogen (secondary N) is 1. The number of hydrogen-bond donors (Lipinski definition) is 1. The second-order valence-corrected chi connectivity index (χ2v) is 16.4. The molecule has 0 bridgehead atoms. The van der Waals surface area contributed by atoms with Crippen LogP contribution >= 0.6 is 11.6 Å². The zero-order chi connectivity index (χ0) is 40.3. The second-order valence-electron chi connectivity index (χ2n) is 15.7. The van der Waals surface area contributed by atoms with Gasteiger partial charge in [0.2, 0.25) is 0 Å². The first-order chi connectivity index (χ1) is 26.7. The van der Waals surface area contributed by atoms with E-state index >= 15 is 0 Å². The highest BCUT2D eigenvalue weighted by molar-refractivity contribution is 6.21. The van der Waals surface area contributed by atoms with Crippen LogP contribution in [0.2, 0.25) is 0 Å². The molecule has 0 saturated carbocycles. The summed E-state index contributed by atoms with van der Waals surface area (Å²) in [4.78, 5) is 16.6. The maximum atomic E-state index is 12.0. The van der Waals surface area contributed by atoms with Crippen molar-refractivity contribution in [2.24, 2.45) is 5.92 Å². The van der Waals surface area contributed by atoms with Crippen molar-refractivity contribution < 1.29 is 9.53 Å². The standard InChI is InChI=1S/C50H56ClN3O2/c1-31(2)50(55)56-30-40(51)29-52-46-24-23-45(43-13-11-12-14-44(43)46)47(38-15-19-41(20-16-38)53(9)48-34(5)25-32(3)26-35(48)6)39-17-21-42(22-18-39)54(10)49-36(7)27-33(4)28-37(49)8/h11-28,31,40,47,52H,29-30H2,1-10H3. The summed E-state index contributed by atoms with van der Waals surface area (Å²) in [5.74, 6) is -0.458. The van der Waals surface area contributed by atoms with Crippen LogP contribution in [-0.4, -0.2) is 38.6 Å². The summed E-state index contributed by atoms with van der Waals surface area (Å²) < 4.78 is 5.40. The van der Waals surface area contributed by atoms with Gasteiger partial charge in [-0.3, -0.25) is 4.79 Å². The Balaban J connectivity index is 1.38. The molecule has 0 saturated heterocycles. The molecule has 6 aromatic carbocycles. The van der Waals surface area contributed by atoms with Gasteiger partial charge in [-0.15, -0.1) is 11.6 Å². The monoisotopic (exact) mass is 765 g/mol. The van der Waals surface area contributed by atoms with Crippen LogP contribution in [0, 0.1) is 47.5 Å². The number of rotatable bonds is 13. The third kappa shape index (κ3) is 8.74. The number of carbonyl (C=O) groups excluding carboxylic acids is 1. The third-order valence-electron chi connectivity index (χ3n) is 10.8. The molecule has 0 aromatic heterocycles. The summed E-state index contributed by atoms with van der Waals surface area (Å²) in [5.41, 5.74) is 17.0. The lowest BCUT2D eigenvalue weighted by molar-refractivity contribution is -0.147. The highest BCUT2D eigenvalue weighted by atomic mass is 35.5. The Bertz CT molecular complexity index is 2180. The van der Waals surface area contributed by atoms with Crippen molar-refractivity contribution in [3.8, 4) is 0 Å². The van der Waals surface area contributed by atoms with Gasteiger partial charge in [-0.2, -0.15) is 0 Å². The van der Waals surface area contributed by atoms with E-state index in [1.54, 1.807) is 0 Å². The number of hydrogen-bond acceptors (Lipinski definition) is 5. The van der Waals surface area contributed by atoms with E-state index in [-0.39, 0.29) is 29.8 Å². The minimum absolute atomic E-state index is 0.0328. The van der Waals surface area contributed by atoms with Crippen LogP contribution in [0.3, 0.4) is 0 Å². The summed E-state index contributed by atoms with van der Waals surface area (Å²) in [6, 6.07) is 40.1. The molecule has 290 valence electrons. The number of esters is 1. The molecule has 1 unspecified atom stereocenters. The minimum Gasteiger partial charge on any atom is -0.464 e. The molecule has 1 N–H and O–H groups in total. The van der Waals surface area contributed by atoms with Gasteiger partial charge in [0.05, 0.1) is 11.3 Å². The number of aryl methyl sites for hydroxylation is 6. The SMILES string of the molecule is Cc1cc(C)c(N(C)c2ccc(C(c3ccc(N(C)c4c(C)cc(C)cc4C)cc3)c3ccc(NCC(Cl)COC(=O)C(C)C)c4ccccc34)cc2)c(C)c1. The Morgan fingerprint density at radius 2 is 1.09 bits per heavy atom. The summed E-state index contributed by atoms with van der Waals surface area (Å²) >= 11 is 6.62. The number of benzene rings is 6. The first kappa shape index (κ1) is 40.4. The lowest BCUT2D eigenvalue weighted by Crippen LogP contribution is -2.23. The zero-order valence-corrected chi connectivity index (χ0v) is 35.4. The highest BCUT2D eigenvalue weighted by Crippen LogP contribution is 2.41. The normalized spacial score (nSPS) is 11.9. The Labute approximate surface area is 339 Å². The molecule has 0 fully saturated rings. The number of carbonyl (C=O) groups is 1. The van der Waals surface area contributed by atoms with Crippen molar-refractivity contribution in [2.45, 2.75) is 66.7 Å². The molecule has 6 aromatic rings. The first-order valence-corrected chi connectivity index (χ1v) is 20.1. The summed E-state index contributed by atoms with van der Waals surface area (Å²) in [6.45, 7) is 17.3. The van der Waals surface area contributed by atoms with Crippen molar-refractivity contribution in [1.29, 1.82) is 0 Å². The quantitative estimate of drug-likeness (QED) is 0.0720. The highest BCUT2D eigenvalue weighted by Gasteiger charge is 2.22. The van der Waals surface area contributed by atoms with E-state index in [1.165, 1.54) is 66.8 Å². The van der Waals surface area contributed by atoms with Gasteiger partial charge in [-0.05, 0) is 116 Å². The molecule has 0 aliphatic carbocycles. The molecule has 0 aliphatic rings. The van der Waals surface area contributed by atoms with Crippen LogP contribution in [0.15, 0.2) is 109 Å². The van der Waals surface area contributed by atoms with Gasteiger partial charge in [-0.1, -0.05) is 104 Å². The van der Waals surface area contributed by atoms with Gasteiger partial charge in [0.1, 0.15) is 6.61 Å². The van der Waals surface area contributed by atoms with Crippen LogP contribution in [0.1, 0.15) is 69.8 Å². The third-order valence-corrected chi connectivity index (χ3v) is 11.1. The molecular formula is C50H56ClN3O2. The largest absolute Gasteiger partial charge is 0.464 e. The van der Waals surface area contributed by atoms with Gasteiger partial charge in [-0.25, -0.2) is 0 Å². The molecule has 0 spiro atoms. The van der Waals surface area contributed by atoms with E-state index in [0.717, 1.165) is 22.4 Å². The Morgan fingerprint density at radius 1 is 0.643 bits per heavy atom. The predicted octanol–water partition coefficient (Wildman–Crippen LogP) is 12.6. The number of halogens is 1. The summed E-state index contributed by atoms with van der Waals surface area (Å²) in [5, 5.41) is 5.46. The minimum atomic E-state index is -0.364. The molecule has 0 radical (unpaired) electrons. The fourth-order valence-electron chi connectivity index (χ4n) is 8.34. The summed E-state index contributed by atoms with van der Waals surface area (Å²) in [6.07, 6.45) is 0. The van der Waals surface area contributed by atoms with Crippen molar-refractivity contribution in [3.05, 3.63) is 159 Å². The van der Waals surface area contributed by atoms with Crippen molar-refractivity contribution in [1.82, 2.24) is 0 Å². The van der Waals surface area contributed by atoms with E-state index in [9.17, 15) is 4.79 Å². The molecule has 5 nitrogen and oxygen atoms in total. The van der Waals surface area contributed by atoms with Gasteiger partial charge < -0.3 is 19.9 Å². The Hall–Kier alpha value is -5.26. The van der Waals surface area contributed by atoms with Crippen molar-refractivity contribution >= 4 is 56.8 Å². The van der Waals surface area contributed by atoms with Crippen LogP contribution in [0.4, 0.5) is 28.4 Å². The summed E-state index contributed by atoms with van der Waals surface area (Å²) in [7, 11) is 4.31. The molecule has 56 heavy (non-hydrogen) atoms. The smallest absolute Gasteiger partial charge is 0.308 e. The molecule has 0 amide bonds. The van der Waals surface area contributed by atoms with E-state index < -0.39 is 0 Å². The van der Waals surface area contributed by atoms with E-state index in [0.29, 0.717) is 6.54 Å². The van der Waals surface area contributed by atoms with Crippen molar-refractivity contribution in [2.75, 3.05) is 42.4 Å². The van der Waals surface area contributed by atoms with Crippen LogP contribution in [0.25, 0.3) is 10.8 Å². The number of anilines is 5. The number of ether oxygens (including phenoxy) is 1. The van der Waals surface area contributed by atoms with Gasteiger partial charge in [0.15, 0.2) is 0 Å². The number of nitrogens with zero attached hydrogens (tertiary/aromatic N) is 2. The zero-order valence-electron chi connectivity index (χ0n) is 34.6. The predicted molar refractivity (Wildman–Crippen MR) is 239 cm³/mol. The van der Waals surface area contributed by atoms with Gasteiger partial charge >= 0.3 is 5.97 Å². The lowest BCUT2D eigenvalue weighted by Gasteiger charge is -2.27. The Kier molecular flexibility index (Phi) is 12.5. The van der Waals surface area contributed by atoms with Crippen LogP contribution in [-0.2, 0) is 9.53 Å². The molecule has 1 atom stereocenters. The number of fused-ring (bicyclic) bond motifs is 1. The van der Waals surface area contributed by atoms with E-state index in [4.69, 9.17) is 16.3 Å². The molecular weight excluding hydrogens is 710 g/mol. The fourth-order valence-corrected chi connectivity index (χ4v) is 8.48. The van der Waals surface area contributed by atoms with Gasteiger partial charge in [0, 0.05) is 60.4 Å².